The molecule has 0 heterocycles. The van der Waals surface area contributed by atoms with Crippen LogP contribution in [0.4, 0.5) is 5.69 Å². The van der Waals surface area contributed by atoms with Crippen molar-refractivity contribution in [2.75, 3.05) is 39.3 Å². The zero-order valence-electron chi connectivity index (χ0n) is 9.65. The molecule has 0 saturated carbocycles. The Bertz CT molecular complexity index is 291. The number of nitrogen functional groups attached to an aromatic ring is 1. The van der Waals surface area contributed by atoms with Gasteiger partial charge in [-0.2, -0.15) is 0 Å². The monoisotopic (exact) mass is 225 g/mol. The zero-order chi connectivity index (χ0) is 11.6. The van der Waals surface area contributed by atoms with E-state index in [1.807, 2.05) is 24.3 Å². The molecule has 0 aliphatic heterocycles. The molecule has 0 saturated heterocycles. The Labute approximate surface area is 96.3 Å². The smallest absolute Gasteiger partial charge is 0.142 e. The standard InChI is InChI=1S/C12H19NO3/c1-14-7-4-8-15-9-10-16-12-6-3-2-5-11(12)13/h2-3,5-6H,4,7-10,13H2,1H3. The first-order chi connectivity index (χ1) is 7.84. The van der Waals surface area contributed by atoms with Gasteiger partial charge in [0, 0.05) is 20.3 Å². The second-order valence-electron chi connectivity index (χ2n) is 3.35. The molecule has 0 bridgehead atoms. The van der Waals surface area contributed by atoms with E-state index >= 15 is 0 Å². The van der Waals surface area contributed by atoms with Crippen molar-refractivity contribution in [2.24, 2.45) is 0 Å². The summed E-state index contributed by atoms with van der Waals surface area (Å²) < 4.78 is 15.7. The number of para-hydroxylation sites is 2. The molecular weight excluding hydrogens is 206 g/mol. The molecular formula is C12H19NO3. The van der Waals surface area contributed by atoms with Crippen LogP contribution in [0, 0.1) is 0 Å². The molecule has 1 rings (SSSR count). The quantitative estimate of drug-likeness (QED) is 0.540. The third kappa shape index (κ3) is 5.00. The van der Waals surface area contributed by atoms with Crippen molar-refractivity contribution >= 4 is 5.69 Å². The van der Waals surface area contributed by atoms with E-state index in [9.17, 15) is 0 Å². The van der Waals surface area contributed by atoms with Gasteiger partial charge in [-0.15, -0.1) is 0 Å². The van der Waals surface area contributed by atoms with E-state index in [0.717, 1.165) is 13.0 Å². The summed E-state index contributed by atoms with van der Waals surface area (Å²) in [5, 5.41) is 0. The van der Waals surface area contributed by atoms with E-state index in [1.165, 1.54) is 0 Å². The van der Waals surface area contributed by atoms with Crippen molar-refractivity contribution in [3.63, 3.8) is 0 Å². The average molecular weight is 225 g/mol. The van der Waals surface area contributed by atoms with Crippen LogP contribution in [0.5, 0.6) is 5.75 Å². The molecule has 0 atom stereocenters. The molecule has 0 unspecified atom stereocenters. The number of hydrogen-bond donors (Lipinski definition) is 1. The highest BCUT2D eigenvalue weighted by molar-refractivity contribution is 5.51. The van der Waals surface area contributed by atoms with Crippen molar-refractivity contribution in [1.29, 1.82) is 0 Å². The zero-order valence-corrected chi connectivity index (χ0v) is 9.65. The molecule has 0 aliphatic carbocycles. The lowest BCUT2D eigenvalue weighted by Crippen LogP contribution is -2.09. The Morgan fingerprint density at radius 3 is 2.62 bits per heavy atom. The van der Waals surface area contributed by atoms with Gasteiger partial charge in [0.15, 0.2) is 0 Å². The van der Waals surface area contributed by atoms with Crippen LogP contribution in [0.2, 0.25) is 0 Å². The predicted octanol–water partition coefficient (Wildman–Crippen LogP) is 1.70. The van der Waals surface area contributed by atoms with E-state index in [0.29, 0.717) is 31.3 Å². The molecule has 4 nitrogen and oxygen atoms in total. The summed E-state index contributed by atoms with van der Waals surface area (Å²) >= 11 is 0. The summed E-state index contributed by atoms with van der Waals surface area (Å²) in [6.07, 6.45) is 0.907. The van der Waals surface area contributed by atoms with Gasteiger partial charge in [0.1, 0.15) is 12.4 Å². The van der Waals surface area contributed by atoms with Crippen LogP contribution < -0.4 is 10.5 Å². The Balaban J connectivity index is 2.05. The molecule has 16 heavy (non-hydrogen) atoms. The molecule has 2 N–H and O–H groups in total. The summed E-state index contributed by atoms with van der Waals surface area (Å²) in [6, 6.07) is 7.43. The minimum atomic E-state index is 0.515. The van der Waals surface area contributed by atoms with Gasteiger partial charge in [0.05, 0.1) is 12.3 Å². The molecule has 0 aliphatic rings. The SMILES string of the molecule is COCCCOCCOc1ccccc1N. The summed E-state index contributed by atoms with van der Waals surface area (Å²) in [7, 11) is 1.68. The first-order valence-corrected chi connectivity index (χ1v) is 5.38. The fourth-order valence-electron chi connectivity index (χ4n) is 1.23. The minimum Gasteiger partial charge on any atom is -0.489 e. The maximum absolute atomic E-state index is 5.72. The van der Waals surface area contributed by atoms with Crippen molar-refractivity contribution in [3.8, 4) is 5.75 Å². The van der Waals surface area contributed by atoms with Gasteiger partial charge in [-0.25, -0.2) is 0 Å². The van der Waals surface area contributed by atoms with Crippen LogP contribution in [0.25, 0.3) is 0 Å². The number of methoxy groups -OCH3 is 1. The molecule has 0 aromatic heterocycles. The lowest BCUT2D eigenvalue weighted by Gasteiger charge is -2.08. The second kappa shape index (κ2) is 7.96. The number of ether oxygens (including phenoxy) is 3. The summed E-state index contributed by atoms with van der Waals surface area (Å²) in [6.45, 7) is 2.51. The Hall–Kier alpha value is -1.26. The van der Waals surface area contributed by atoms with Gasteiger partial charge in [-0.1, -0.05) is 12.1 Å². The van der Waals surface area contributed by atoms with Gasteiger partial charge in [-0.3, -0.25) is 0 Å². The number of anilines is 1. The average Bonchev–Trinajstić information content (AvgIpc) is 2.30. The highest BCUT2D eigenvalue weighted by Crippen LogP contribution is 2.19. The number of hydrogen-bond acceptors (Lipinski definition) is 4. The molecule has 1 aromatic rings. The molecule has 1 aromatic carbocycles. The molecule has 0 radical (unpaired) electrons. The number of nitrogens with two attached hydrogens (primary N) is 1. The highest BCUT2D eigenvalue weighted by atomic mass is 16.5. The Kier molecular flexibility index (Phi) is 6.37. The fourth-order valence-corrected chi connectivity index (χ4v) is 1.23. The van der Waals surface area contributed by atoms with Gasteiger partial charge in [-0.05, 0) is 18.6 Å². The summed E-state index contributed by atoms with van der Waals surface area (Å²) in [5.41, 5.74) is 6.37. The molecule has 0 fully saturated rings. The fraction of sp³-hybridized carbons (Fsp3) is 0.500. The lowest BCUT2D eigenvalue weighted by atomic mass is 10.3. The molecule has 4 heteroatoms. The highest BCUT2D eigenvalue weighted by Gasteiger charge is 1.97. The first-order valence-electron chi connectivity index (χ1n) is 5.38. The van der Waals surface area contributed by atoms with Gasteiger partial charge >= 0.3 is 0 Å². The van der Waals surface area contributed by atoms with Crippen LogP contribution in [-0.2, 0) is 9.47 Å². The molecule has 0 amide bonds. The van der Waals surface area contributed by atoms with Crippen LogP contribution in [0.1, 0.15) is 6.42 Å². The normalized spacial score (nSPS) is 10.3. The summed E-state index contributed by atoms with van der Waals surface area (Å²) in [5.74, 6) is 0.711. The van der Waals surface area contributed by atoms with E-state index in [2.05, 4.69) is 0 Å². The number of benzene rings is 1. The molecule has 0 spiro atoms. The van der Waals surface area contributed by atoms with Gasteiger partial charge < -0.3 is 19.9 Å². The predicted molar refractivity (Wildman–Crippen MR) is 63.7 cm³/mol. The van der Waals surface area contributed by atoms with Crippen molar-refractivity contribution in [3.05, 3.63) is 24.3 Å². The topological polar surface area (TPSA) is 53.7 Å². The Morgan fingerprint density at radius 2 is 1.88 bits per heavy atom. The minimum absolute atomic E-state index is 0.515. The third-order valence-corrected chi connectivity index (χ3v) is 2.04. The van der Waals surface area contributed by atoms with Crippen LogP contribution >= 0.6 is 0 Å². The van der Waals surface area contributed by atoms with E-state index in [-0.39, 0.29) is 0 Å². The second-order valence-corrected chi connectivity index (χ2v) is 3.35. The maximum Gasteiger partial charge on any atom is 0.142 e. The van der Waals surface area contributed by atoms with Gasteiger partial charge in [0.2, 0.25) is 0 Å². The maximum atomic E-state index is 5.72. The third-order valence-electron chi connectivity index (χ3n) is 2.04. The largest absolute Gasteiger partial charge is 0.489 e. The van der Waals surface area contributed by atoms with Crippen molar-refractivity contribution in [2.45, 2.75) is 6.42 Å². The molecule has 90 valence electrons. The van der Waals surface area contributed by atoms with E-state index in [4.69, 9.17) is 19.9 Å². The Morgan fingerprint density at radius 1 is 1.06 bits per heavy atom. The lowest BCUT2D eigenvalue weighted by molar-refractivity contribution is 0.0808. The van der Waals surface area contributed by atoms with E-state index < -0.39 is 0 Å². The van der Waals surface area contributed by atoms with Crippen molar-refractivity contribution < 1.29 is 14.2 Å². The van der Waals surface area contributed by atoms with E-state index in [1.54, 1.807) is 7.11 Å². The summed E-state index contributed by atoms with van der Waals surface area (Å²) in [4.78, 5) is 0. The van der Waals surface area contributed by atoms with Crippen LogP contribution in [0.3, 0.4) is 0 Å². The van der Waals surface area contributed by atoms with Crippen molar-refractivity contribution in [1.82, 2.24) is 0 Å². The first kappa shape index (κ1) is 12.8. The number of rotatable bonds is 8. The van der Waals surface area contributed by atoms with Crippen LogP contribution in [-0.4, -0.2) is 33.5 Å². The van der Waals surface area contributed by atoms with Gasteiger partial charge in [0.25, 0.3) is 0 Å². The van der Waals surface area contributed by atoms with Crippen LogP contribution in [0.15, 0.2) is 24.3 Å².